The van der Waals surface area contributed by atoms with Crippen LogP contribution in [0.25, 0.3) is 0 Å². The summed E-state index contributed by atoms with van der Waals surface area (Å²) in [7, 11) is 3.83. The molecule has 5 nitrogen and oxygen atoms in total. The molecule has 1 amide bonds. The monoisotopic (exact) mass is 271 g/mol. The van der Waals surface area contributed by atoms with Gasteiger partial charge < -0.3 is 19.9 Å². The second kappa shape index (κ2) is 8.51. The third-order valence-electron chi connectivity index (χ3n) is 3.27. The minimum atomic E-state index is 0.131. The molecule has 0 unspecified atom stereocenters. The molecular formula is C14H29N3O2. The third-order valence-corrected chi connectivity index (χ3v) is 3.27. The Morgan fingerprint density at radius 1 is 1.37 bits per heavy atom. The molecule has 0 aromatic rings. The van der Waals surface area contributed by atoms with Crippen LogP contribution in [0, 0.1) is 0 Å². The van der Waals surface area contributed by atoms with Gasteiger partial charge in [0.1, 0.15) is 0 Å². The van der Waals surface area contributed by atoms with E-state index in [4.69, 9.17) is 4.74 Å². The summed E-state index contributed by atoms with van der Waals surface area (Å²) >= 11 is 0. The van der Waals surface area contributed by atoms with Crippen LogP contribution in [-0.2, 0) is 9.53 Å². The zero-order valence-electron chi connectivity index (χ0n) is 12.8. The van der Waals surface area contributed by atoms with Gasteiger partial charge >= 0.3 is 0 Å². The number of hydrogen-bond acceptors (Lipinski definition) is 4. The number of piperidine rings is 1. The van der Waals surface area contributed by atoms with Crippen LogP contribution in [0.4, 0.5) is 0 Å². The van der Waals surface area contributed by atoms with E-state index in [9.17, 15) is 4.79 Å². The van der Waals surface area contributed by atoms with Crippen LogP contribution in [-0.4, -0.2) is 74.7 Å². The van der Waals surface area contributed by atoms with Gasteiger partial charge in [0, 0.05) is 25.7 Å². The lowest BCUT2D eigenvalue weighted by Gasteiger charge is -2.32. The van der Waals surface area contributed by atoms with E-state index in [0.717, 1.165) is 39.1 Å². The summed E-state index contributed by atoms with van der Waals surface area (Å²) in [6.45, 7) is 8.50. The zero-order chi connectivity index (χ0) is 14.3. The molecule has 1 aliphatic rings. The summed E-state index contributed by atoms with van der Waals surface area (Å²) in [5.74, 6) is 0.131. The van der Waals surface area contributed by atoms with Crippen molar-refractivity contribution in [1.82, 2.24) is 15.1 Å². The van der Waals surface area contributed by atoms with Crippen molar-refractivity contribution < 1.29 is 9.53 Å². The van der Waals surface area contributed by atoms with Crippen LogP contribution in [0.15, 0.2) is 0 Å². The molecule has 1 rings (SSSR count). The van der Waals surface area contributed by atoms with Gasteiger partial charge in [0.15, 0.2) is 0 Å². The highest BCUT2D eigenvalue weighted by atomic mass is 16.5. The van der Waals surface area contributed by atoms with Gasteiger partial charge in [-0.3, -0.25) is 4.79 Å². The predicted octanol–water partition coefficient (Wildman–Crippen LogP) is 0.554. The Bertz CT molecular complexity index is 261. The standard InChI is InChI=1S/C14H29N3O2/c1-12(2)19-10-9-17-7-5-13(6-8-17)15-14(18)11-16(3)4/h12-13H,5-11H2,1-4H3,(H,15,18). The topological polar surface area (TPSA) is 44.8 Å². The molecular weight excluding hydrogens is 242 g/mol. The summed E-state index contributed by atoms with van der Waals surface area (Å²) in [6, 6.07) is 0.342. The normalized spacial score (nSPS) is 18.2. The minimum absolute atomic E-state index is 0.131. The van der Waals surface area contributed by atoms with Crippen LogP contribution in [0.3, 0.4) is 0 Å². The van der Waals surface area contributed by atoms with Gasteiger partial charge in [0.25, 0.3) is 0 Å². The number of amides is 1. The predicted molar refractivity (Wildman–Crippen MR) is 77.2 cm³/mol. The van der Waals surface area contributed by atoms with E-state index >= 15 is 0 Å². The van der Waals surface area contributed by atoms with Crippen molar-refractivity contribution in [3.8, 4) is 0 Å². The molecule has 1 saturated heterocycles. The molecule has 0 bridgehead atoms. The first-order valence-electron chi connectivity index (χ1n) is 7.25. The van der Waals surface area contributed by atoms with E-state index in [-0.39, 0.29) is 5.91 Å². The van der Waals surface area contributed by atoms with Crippen LogP contribution < -0.4 is 5.32 Å². The summed E-state index contributed by atoms with van der Waals surface area (Å²) in [5, 5.41) is 3.11. The van der Waals surface area contributed by atoms with Crippen molar-refractivity contribution in [1.29, 1.82) is 0 Å². The Morgan fingerprint density at radius 3 is 2.53 bits per heavy atom. The van der Waals surface area contributed by atoms with Crippen molar-refractivity contribution in [3.05, 3.63) is 0 Å². The summed E-state index contributed by atoms with van der Waals surface area (Å²) in [6.07, 6.45) is 2.39. The van der Waals surface area contributed by atoms with Crippen molar-refractivity contribution >= 4 is 5.91 Å². The number of rotatable bonds is 7. The maximum atomic E-state index is 11.7. The molecule has 112 valence electrons. The maximum Gasteiger partial charge on any atom is 0.234 e. The smallest absolute Gasteiger partial charge is 0.234 e. The van der Waals surface area contributed by atoms with Gasteiger partial charge in [0.05, 0.1) is 19.3 Å². The summed E-state index contributed by atoms with van der Waals surface area (Å²) in [4.78, 5) is 16.0. The number of carbonyl (C=O) groups excluding carboxylic acids is 1. The Balaban J connectivity index is 2.13. The number of nitrogens with zero attached hydrogens (tertiary/aromatic N) is 2. The first kappa shape index (κ1) is 16.4. The highest BCUT2D eigenvalue weighted by Gasteiger charge is 2.20. The molecule has 5 heteroatoms. The second-order valence-electron chi connectivity index (χ2n) is 5.84. The minimum Gasteiger partial charge on any atom is -0.377 e. The van der Waals surface area contributed by atoms with Gasteiger partial charge in [0.2, 0.25) is 5.91 Å². The Kier molecular flexibility index (Phi) is 7.34. The molecule has 0 atom stereocenters. The first-order chi connectivity index (χ1) is 8.97. The summed E-state index contributed by atoms with van der Waals surface area (Å²) in [5.41, 5.74) is 0. The Labute approximate surface area is 117 Å². The SMILES string of the molecule is CC(C)OCCN1CCC(NC(=O)CN(C)C)CC1. The molecule has 0 spiro atoms. The van der Waals surface area contributed by atoms with Gasteiger partial charge in [-0.15, -0.1) is 0 Å². The van der Waals surface area contributed by atoms with Crippen molar-refractivity contribution in [2.45, 2.75) is 38.8 Å². The molecule has 1 aliphatic heterocycles. The molecule has 0 saturated carbocycles. The molecule has 1 heterocycles. The number of likely N-dealkylation sites (tertiary alicyclic amines) is 1. The van der Waals surface area contributed by atoms with Crippen molar-refractivity contribution in [2.24, 2.45) is 0 Å². The number of carbonyl (C=O) groups is 1. The van der Waals surface area contributed by atoms with E-state index in [1.165, 1.54) is 0 Å². The number of ether oxygens (including phenoxy) is 1. The van der Waals surface area contributed by atoms with E-state index < -0.39 is 0 Å². The largest absolute Gasteiger partial charge is 0.377 e. The number of likely N-dealkylation sites (N-methyl/N-ethyl adjacent to an activating group) is 1. The Hall–Kier alpha value is -0.650. The van der Waals surface area contributed by atoms with Crippen LogP contribution in [0.2, 0.25) is 0 Å². The summed E-state index contributed by atoms with van der Waals surface area (Å²) < 4.78 is 5.56. The van der Waals surface area contributed by atoms with E-state index in [0.29, 0.717) is 18.7 Å². The van der Waals surface area contributed by atoms with Gasteiger partial charge in [-0.05, 0) is 40.8 Å². The fourth-order valence-corrected chi connectivity index (χ4v) is 2.28. The highest BCUT2D eigenvalue weighted by molar-refractivity contribution is 5.78. The zero-order valence-corrected chi connectivity index (χ0v) is 12.8. The molecule has 0 aromatic carbocycles. The van der Waals surface area contributed by atoms with E-state index in [1.54, 1.807) is 0 Å². The van der Waals surface area contributed by atoms with E-state index in [1.807, 2.05) is 19.0 Å². The number of nitrogens with one attached hydrogen (secondary N) is 1. The average Bonchev–Trinajstić information content (AvgIpc) is 2.29. The number of hydrogen-bond donors (Lipinski definition) is 1. The molecule has 1 fully saturated rings. The van der Waals surface area contributed by atoms with Crippen molar-refractivity contribution in [3.63, 3.8) is 0 Å². The van der Waals surface area contributed by atoms with Crippen LogP contribution in [0.1, 0.15) is 26.7 Å². The Morgan fingerprint density at radius 2 is 2.00 bits per heavy atom. The first-order valence-corrected chi connectivity index (χ1v) is 7.25. The fraction of sp³-hybridized carbons (Fsp3) is 0.929. The molecule has 0 aromatic heterocycles. The second-order valence-corrected chi connectivity index (χ2v) is 5.84. The lowest BCUT2D eigenvalue weighted by Crippen LogP contribution is -2.47. The molecule has 0 radical (unpaired) electrons. The van der Waals surface area contributed by atoms with E-state index in [2.05, 4.69) is 24.1 Å². The fourth-order valence-electron chi connectivity index (χ4n) is 2.28. The van der Waals surface area contributed by atoms with Gasteiger partial charge in [-0.2, -0.15) is 0 Å². The third kappa shape index (κ3) is 7.50. The highest BCUT2D eigenvalue weighted by Crippen LogP contribution is 2.10. The van der Waals surface area contributed by atoms with Crippen LogP contribution >= 0.6 is 0 Å². The van der Waals surface area contributed by atoms with Crippen molar-refractivity contribution in [2.75, 3.05) is 46.9 Å². The lowest BCUT2D eigenvalue weighted by atomic mass is 10.1. The average molecular weight is 271 g/mol. The van der Waals surface area contributed by atoms with Gasteiger partial charge in [-0.1, -0.05) is 0 Å². The molecule has 0 aliphatic carbocycles. The maximum absolute atomic E-state index is 11.7. The lowest BCUT2D eigenvalue weighted by molar-refractivity contribution is -0.122. The molecule has 1 N–H and O–H groups in total. The van der Waals surface area contributed by atoms with Crippen LogP contribution in [0.5, 0.6) is 0 Å². The van der Waals surface area contributed by atoms with Gasteiger partial charge in [-0.25, -0.2) is 0 Å². The quantitative estimate of drug-likeness (QED) is 0.735. The molecule has 19 heavy (non-hydrogen) atoms.